The van der Waals surface area contributed by atoms with E-state index >= 15 is 0 Å². The fourth-order valence-electron chi connectivity index (χ4n) is 1.62. The van der Waals surface area contributed by atoms with Gasteiger partial charge in [-0.2, -0.15) is 0 Å². The zero-order valence-electron chi connectivity index (χ0n) is 10.9. The second-order valence-corrected chi connectivity index (χ2v) is 5.00. The Kier molecular flexibility index (Phi) is 5.80. The summed E-state index contributed by atoms with van der Waals surface area (Å²) >= 11 is 11.4. The molecule has 0 radical (unpaired) electrons. The average Bonchev–Trinajstić information content (AvgIpc) is 2.47. The Morgan fingerprint density at radius 1 is 1.05 bits per heavy atom. The molecule has 2 rings (SSSR count). The van der Waals surface area contributed by atoms with E-state index < -0.39 is 0 Å². The summed E-state index contributed by atoms with van der Waals surface area (Å²) in [6.45, 7) is 0.510. The summed E-state index contributed by atoms with van der Waals surface area (Å²) in [5.41, 5.74) is 2.01. The first kappa shape index (κ1) is 14.8. The van der Waals surface area contributed by atoms with Gasteiger partial charge in [0.1, 0.15) is 12.4 Å². The molecule has 2 aromatic carbocycles. The van der Waals surface area contributed by atoms with Crippen LogP contribution < -0.4 is 4.74 Å². The molecular weight excluding hydrogens is 291 g/mol. The maximum Gasteiger partial charge on any atom is 0.121 e. The molecule has 0 unspecified atom stereocenters. The lowest BCUT2D eigenvalue weighted by atomic mass is 10.2. The average molecular weight is 305 g/mol. The monoisotopic (exact) mass is 304 g/mol. The lowest BCUT2D eigenvalue weighted by molar-refractivity contribution is 0.306. The van der Waals surface area contributed by atoms with Gasteiger partial charge in [0.05, 0.1) is 0 Å². The van der Waals surface area contributed by atoms with Gasteiger partial charge in [0.2, 0.25) is 0 Å². The first-order chi connectivity index (χ1) is 9.78. The van der Waals surface area contributed by atoms with E-state index in [9.17, 15) is 0 Å². The van der Waals surface area contributed by atoms with E-state index in [2.05, 4.69) is 11.8 Å². The van der Waals surface area contributed by atoms with E-state index in [0.717, 1.165) is 21.9 Å². The van der Waals surface area contributed by atoms with E-state index in [1.807, 2.05) is 48.5 Å². The van der Waals surface area contributed by atoms with Gasteiger partial charge in [0.15, 0.2) is 0 Å². The van der Waals surface area contributed by atoms with Gasteiger partial charge in [0, 0.05) is 22.9 Å². The minimum Gasteiger partial charge on any atom is -0.489 e. The molecule has 0 heterocycles. The molecule has 1 nitrogen and oxygen atoms in total. The lowest BCUT2D eigenvalue weighted by Crippen LogP contribution is -1.95. The molecule has 0 spiro atoms. The molecule has 0 atom stereocenters. The number of alkyl halides is 1. The molecule has 0 bridgehead atoms. The van der Waals surface area contributed by atoms with Crippen LogP contribution >= 0.6 is 23.2 Å². The van der Waals surface area contributed by atoms with Crippen molar-refractivity contribution in [2.24, 2.45) is 0 Å². The van der Waals surface area contributed by atoms with Crippen molar-refractivity contribution in [1.29, 1.82) is 0 Å². The number of rotatable bonds is 4. The molecule has 2 aromatic rings. The number of benzene rings is 2. The summed E-state index contributed by atoms with van der Waals surface area (Å²) in [5, 5.41) is 0.727. The molecule has 20 heavy (non-hydrogen) atoms. The zero-order chi connectivity index (χ0) is 14.2. The lowest BCUT2D eigenvalue weighted by Gasteiger charge is -2.06. The smallest absolute Gasteiger partial charge is 0.121 e. The predicted octanol–water partition coefficient (Wildman–Crippen LogP) is 4.90. The van der Waals surface area contributed by atoms with Gasteiger partial charge in [-0.15, -0.1) is 11.6 Å². The maximum absolute atomic E-state index is 5.84. The van der Waals surface area contributed by atoms with Gasteiger partial charge in [-0.25, -0.2) is 0 Å². The second kappa shape index (κ2) is 7.85. The third-order valence-corrected chi connectivity index (χ3v) is 3.05. The van der Waals surface area contributed by atoms with Crippen molar-refractivity contribution < 1.29 is 4.74 Å². The highest BCUT2D eigenvalue weighted by Crippen LogP contribution is 2.16. The van der Waals surface area contributed by atoms with Crippen LogP contribution in [0.5, 0.6) is 5.75 Å². The van der Waals surface area contributed by atoms with Crippen LogP contribution in [0.15, 0.2) is 48.5 Å². The summed E-state index contributed by atoms with van der Waals surface area (Å²) in [6, 6.07) is 15.3. The topological polar surface area (TPSA) is 9.23 Å². The van der Waals surface area contributed by atoms with Crippen molar-refractivity contribution in [3.63, 3.8) is 0 Å². The van der Waals surface area contributed by atoms with E-state index in [4.69, 9.17) is 27.9 Å². The highest BCUT2D eigenvalue weighted by molar-refractivity contribution is 6.30. The Balaban J connectivity index is 1.98. The van der Waals surface area contributed by atoms with Gasteiger partial charge in [-0.1, -0.05) is 41.6 Å². The highest BCUT2D eigenvalue weighted by Gasteiger charge is 1.97. The Morgan fingerprint density at radius 3 is 2.60 bits per heavy atom. The van der Waals surface area contributed by atoms with E-state index in [0.29, 0.717) is 18.9 Å². The van der Waals surface area contributed by atoms with Crippen LogP contribution in [0.2, 0.25) is 5.02 Å². The van der Waals surface area contributed by atoms with Crippen LogP contribution in [-0.4, -0.2) is 5.88 Å². The molecule has 0 saturated heterocycles. The van der Waals surface area contributed by atoms with E-state index in [1.165, 1.54) is 0 Å². The molecule has 0 saturated carbocycles. The molecular formula is C17H14Cl2O. The minimum absolute atomic E-state index is 0.510. The van der Waals surface area contributed by atoms with Crippen molar-refractivity contribution in [1.82, 2.24) is 0 Å². The fourth-order valence-corrected chi connectivity index (χ4v) is 1.84. The second-order valence-electron chi connectivity index (χ2n) is 4.18. The number of ether oxygens (including phenoxy) is 1. The van der Waals surface area contributed by atoms with Crippen molar-refractivity contribution in [3.8, 4) is 17.6 Å². The SMILES string of the molecule is ClCCC#Cc1cccc(OCc2ccc(Cl)cc2)c1. The van der Waals surface area contributed by atoms with Crippen LogP contribution in [0.25, 0.3) is 0 Å². The summed E-state index contributed by atoms with van der Waals surface area (Å²) in [7, 11) is 0. The van der Waals surface area contributed by atoms with Crippen LogP contribution in [0.1, 0.15) is 17.5 Å². The Morgan fingerprint density at radius 2 is 1.85 bits per heavy atom. The number of halogens is 2. The van der Waals surface area contributed by atoms with Gasteiger partial charge in [-0.3, -0.25) is 0 Å². The number of hydrogen-bond donors (Lipinski definition) is 0. The summed E-state index contributed by atoms with van der Waals surface area (Å²) in [5.74, 6) is 7.42. The molecule has 0 fully saturated rings. The predicted molar refractivity (Wildman–Crippen MR) is 84.4 cm³/mol. The zero-order valence-corrected chi connectivity index (χ0v) is 12.4. The molecule has 102 valence electrons. The molecule has 0 aromatic heterocycles. The third-order valence-electron chi connectivity index (χ3n) is 2.61. The molecule has 0 aliphatic heterocycles. The minimum atomic E-state index is 0.510. The van der Waals surface area contributed by atoms with Crippen molar-refractivity contribution in [2.45, 2.75) is 13.0 Å². The fraction of sp³-hybridized carbons (Fsp3) is 0.176. The quantitative estimate of drug-likeness (QED) is 0.576. The molecule has 0 aliphatic rings. The Labute approximate surface area is 129 Å². The van der Waals surface area contributed by atoms with E-state index in [1.54, 1.807) is 0 Å². The van der Waals surface area contributed by atoms with Gasteiger partial charge in [0.25, 0.3) is 0 Å². The normalized spacial score (nSPS) is 9.70. The highest BCUT2D eigenvalue weighted by atomic mass is 35.5. The Hall–Kier alpha value is -1.62. The molecule has 0 N–H and O–H groups in total. The molecule has 0 aliphatic carbocycles. The van der Waals surface area contributed by atoms with E-state index in [-0.39, 0.29) is 0 Å². The van der Waals surface area contributed by atoms with Crippen molar-refractivity contribution >= 4 is 23.2 Å². The first-order valence-electron chi connectivity index (χ1n) is 6.30. The van der Waals surface area contributed by atoms with Gasteiger partial charge in [-0.05, 0) is 35.9 Å². The van der Waals surface area contributed by atoms with Crippen LogP contribution in [0.4, 0.5) is 0 Å². The summed E-state index contributed by atoms with van der Waals surface area (Å²) in [6.07, 6.45) is 0.692. The molecule has 3 heteroatoms. The maximum atomic E-state index is 5.84. The first-order valence-corrected chi connectivity index (χ1v) is 7.21. The van der Waals surface area contributed by atoms with Crippen LogP contribution in [0, 0.1) is 11.8 Å². The third kappa shape index (κ3) is 4.81. The van der Waals surface area contributed by atoms with Crippen molar-refractivity contribution in [3.05, 3.63) is 64.7 Å². The Bertz CT molecular complexity index is 609. The summed E-state index contributed by atoms with van der Waals surface area (Å²) in [4.78, 5) is 0. The van der Waals surface area contributed by atoms with Gasteiger partial charge < -0.3 is 4.74 Å². The van der Waals surface area contributed by atoms with Crippen LogP contribution in [-0.2, 0) is 6.61 Å². The summed E-state index contributed by atoms with van der Waals surface area (Å²) < 4.78 is 5.74. The standard InChI is InChI=1S/C17H14Cl2O/c18-11-2-1-4-14-5-3-6-17(12-14)20-13-15-7-9-16(19)10-8-15/h3,5-10,12H,2,11,13H2. The largest absolute Gasteiger partial charge is 0.489 e. The molecule has 0 amide bonds. The van der Waals surface area contributed by atoms with Crippen molar-refractivity contribution in [2.75, 3.05) is 5.88 Å². The van der Waals surface area contributed by atoms with Crippen LogP contribution in [0.3, 0.4) is 0 Å². The van der Waals surface area contributed by atoms with Gasteiger partial charge >= 0.3 is 0 Å². The number of hydrogen-bond acceptors (Lipinski definition) is 1.